The van der Waals surface area contributed by atoms with Crippen molar-refractivity contribution in [1.82, 2.24) is 14.7 Å². The third kappa shape index (κ3) is 4.35. The first kappa shape index (κ1) is 25.1. The molecule has 0 saturated carbocycles. The number of nitrogens with two attached hydrogens (primary N) is 1. The summed E-state index contributed by atoms with van der Waals surface area (Å²) in [7, 11) is 0. The average Bonchev–Trinajstić information content (AvgIpc) is 3.04. The number of aromatic nitrogens is 2. The second kappa shape index (κ2) is 8.67. The number of alkyl halides is 7. The molecular formula is C19H19ClF7N5O. The Hall–Kier alpha value is -2.54. The number of halogens is 8. The van der Waals surface area contributed by atoms with Crippen LogP contribution in [-0.4, -0.2) is 59.2 Å². The average molecular weight is 502 g/mol. The molecule has 2 aromatic rings. The van der Waals surface area contributed by atoms with E-state index in [2.05, 4.69) is 5.10 Å². The second-order valence-corrected chi connectivity index (χ2v) is 7.92. The topological polar surface area (TPSA) is 67.4 Å². The predicted octanol–water partition coefficient (Wildman–Crippen LogP) is 4.24. The normalized spacial score (nSPS) is 17.3. The lowest BCUT2D eigenvalue weighted by Crippen LogP contribution is -2.51. The fraction of sp³-hybridized carbons (Fsp3) is 0.474. The highest BCUT2D eigenvalue weighted by atomic mass is 35.5. The number of nitrogens with zero attached hydrogens (tertiary/aromatic N) is 4. The number of rotatable bonds is 6. The van der Waals surface area contributed by atoms with Crippen molar-refractivity contribution in [1.29, 1.82) is 0 Å². The number of hydrogen-bond acceptors (Lipinski definition) is 5. The summed E-state index contributed by atoms with van der Waals surface area (Å²) in [6.07, 6.45) is -7.53. The van der Waals surface area contributed by atoms with Gasteiger partial charge in [0.05, 0.1) is 11.4 Å². The highest BCUT2D eigenvalue weighted by Gasteiger charge is 2.75. The van der Waals surface area contributed by atoms with Crippen LogP contribution in [0.1, 0.15) is 17.6 Å². The van der Waals surface area contributed by atoms with Gasteiger partial charge in [0.25, 0.3) is 0 Å². The van der Waals surface area contributed by atoms with Crippen LogP contribution in [0.2, 0.25) is 5.02 Å². The molecule has 0 aliphatic carbocycles. The molecule has 0 radical (unpaired) electrons. The zero-order valence-electron chi connectivity index (χ0n) is 17.1. The summed E-state index contributed by atoms with van der Waals surface area (Å²) in [5.41, 5.74) is 2.99. The summed E-state index contributed by atoms with van der Waals surface area (Å²) in [6.45, 7) is 2.42. The van der Waals surface area contributed by atoms with Crippen LogP contribution in [-0.2, 0) is 10.7 Å². The van der Waals surface area contributed by atoms with Crippen LogP contribution in [0.4, 0.5) is 42.1 Å². The molecule has 182 valence electrons. The standard InChI is InChI=1S/C19H19ClF7N5O/c1-11-15(28)16(17(21,22)18(23,24)19(25,26)27)29-32(11)14(10-33)31-8-6-30(7-9-31)13-4-2-12(20)3-5-13/h2-5,10,14H,6-9,28H2,1H3. The Morgan fingerprint density at radius 3 is 2.06 bits per heavy atom. The number of nitrogen functional groups attached to an aromatic ring is 1. The molecule has 1 saturated heterocycles. The number of piperazine rings is 1. The SMILES string of the molecule is Cc1c(N)c(C(F)(F)C(F)(F)C(F)(F)F)nn1C(C=O)N1CCN(c2ccc(Cl)cc2)CC1. The van der Waals surface area contributed by atoms with Gasteiger partial charge in [0.1, 0.15) is 0 Å². The number of aldehydes is 1. The van der Waals surface area contributed by atoms with E-state index in [1.807, 2.05) is 4.90 Å². The van der Waals surface area contributed by atoms with Crippen molar-refractivity contribution in [2.75, 3.05) is 36.8 Å². The third-order valence-electron chi connectivity index (χ3n) is 5.50. The van der Waals surface area contributed by atoms with Gasteiger partial charge in [-0.1, -0.05) is 11.6 Å². The first-order valence-corrected chi connectivity index (χ1v) is 9.97. The molecule has 14 heteroatoms. The molecule has 0 amide bonds. The van der Waals surface area contributed by atoms with E-state index in [-0.39, 0.29) is 18.8 Å². The van der Waals surface area contributed by atoms with Gasteiger partial charge in [0.2, 0.25) is 0 Å². The molecule has 33 heavy (non-hydrogen) atoms. The summed E-state index contributed by atoms with van der Waals surface area (Å²) in [5, 5.41) is 3.80. The minimum absolute atomic E-state index is 0.246. The van der Waals surface area contributed by atoms with Crippen molar-refractivity contribution in [2.45, 2.75) is 31.1 Å². The van der Waals surface area contributed by atoms with Gasteiger partial charge < -0.3 is 10.6 Å². The Kier molecular flexibility index (Phi) is 6.59. The van der Waals surface area contributed by atoms with Crippen molar-refractivity contribution < 1.29 is 35.5 Å². The van der Waals surface area contributed by atoms with E-state index < -0.39 is 35.6 Å². The van der Waals surface area contributed by atoms with E-state index >= 15 is 0 Å². The first-order chi connectivity index (χ1) is 15.2. The molecule has 2 N–H and O–H groups in total. The quantitative estimate of drug-likeness (QED) is 0.474. The second-order valence-electron chi connectivity index (χ2n) is 7.49. The van der Waals surface area contributed by atoms with Gasteiger partial charge in [-0.15, -0.1) is 0 Å². The first-order valence-electron chi connectivity index (χ1n) is 9.59. The maximum atomic E-state index is 14.2. The number of carbonyl (C=O) groups is 1. The maximum absolute atomic E-state index is 14.2. The van der Waals surface area contributed by atoms with Crippen LogP contribution in [0, 0.1) is 6.92 Å². The molecule has 0 spiro atoms. The van der Waals surface area contributed by atoms with E-state index in [0.717, 1.165) is 12.6 Å². The van der Waals surface area contributed by atoms with E-state index in [0.29, 0.717) is 29.1 Å². The number of benzene rings is 1. The van der Waals surface area contributed by atoms with Crippen molar-refractivity contribution in [3.8, 4) is 0 Å². The fourth-order valence-corrected chi connectivity index (χ4v) is 3.67. The largest absolute Gasteiger partial charge is 0.460 e. The van der Waals surface area contributed by atoms with Gasteiger partial charge in [-0.05, 0) is 31.2 Å². The van der Waals surface area contributed by atoms with Crippen LogP contribution in [0.5, 0.6) is 0 Å². The number of hydrogen-bond donors (Lipinski definition) is 1. The number of anilines is 2. The molecule has 6 nitrogen and oxygen atoms in total. The van der Waals surface area contributed by atoms with Crippen LogP contribution in [0.15, 0.2) is 24.3 Å². The number of carbonyl (C=O) groups excluding carboxylic acids is 1. The van der Waals surface area contributed by atoms with Crippen molar-refractivity contribution in [3.05, 3.63) is 40.7 Å². The summed E-state index contributed by atoms with van der Waals surface area (Å²) in [4.78, 5) is 15.3. The van der Waals surface area contributed by atoms with Gasteiger partial charge in [0.15, 0.2) is 18.1 Å². The van der Waals surface area contributed by atoms with Gasteiger partial charge in [-0.3, -0.25) is 9.69 Å². The van der Waals surface area contributed by atoms with Crippen molar-refractivity contribution >= 4 is 29.3 Å². The molecule has 1 aliphatic heterocycles. The highest BCUT2D eigenvalue weighted by molar-refractivity contribution is 6.30. The van der Waals surface area contributed by atoms with Crippen LogP contribution in [0.3, 0.4) is 0 Å². The Morgan fingerprint density at radius 2 is 1.58 bits per heavy atom. The Labute approximate surface area is 188 Å². The fourth-order valence-electron chi connectivity index (χ4n) is 3.54. The van der Waals surface area contributed by atoms with Crippen LogP contribution in [0.25, 0.3) is 0 Å². The van der Waals surface area contributed by atoms with E-state index in [1.54, 1.807) is 24.3 Å². The molecule has 1 aromatic heterocycles. The zero-order valence-corrected chi connectivity index (χ0v) is 17.8. The van der Waals surface area contributed by atoms with E-state index in [1.165, 1.54) is 4.90 Å². The summed E-state index contributed by atoms with van der Waals surface area (Å²) in [5.74, 6) is -12.2. The molecular weight excluding hydrogens is 483 g/mol. The summed E-state index contributed by atoms with van der Waals surface area (Å²) < 4.78 is 93.9. The van der Waals surface area contributed by atoms with E-state index in [4.69, 9.17) is 17.3 Å². The van der Waals surface area contributed by atoms with Gasteiger partial charge >= 0.3 is 18.0 Å². The zero-order chi connectivity index (χ0) is 24.8. The van der Waals surface area contributed by atoms with Crippen molar-refractivity contribution in [3.63, 3.8) is 0 Å². The molecule has 2 heterocycles. The third-order valence-corrected chi connectivity index (χ3v) is 5.75. The smallest absolute Gasteiger partial charge is 0.396 e. The predicted molar refractivity (Wildman–Crippen MR) is 107 cm³/mol. The molecule has 1 aliphatic rings. The van der Waals surface area contributed by atoms with Crippen molar-refractivity contribution in [2.24, 2.45) is 0 Å². The lowest BCUT2D eigenvalue weighted by molar-refractivity contribution is -0.360. The molecule has 1 aromatic carbocycles. The minimum atomic E-state index is -6.54. The highest BCUT2D eigenvalue weighted by Crippen LogP contribution is 2.53. The lowest BCUT2D eigenvalue weighted by Gasteiger charge is -2.38. The molecule has 1 unspecified atom stereocenters. The van der Waals surface area contributed by atoms with E-state index in [9.17, 15) is 35.5 Å². The Balaban J connectivity index is 1.86. The molecule has 0 bridgehead atoms. The molecule has 3 rings (SSSR count). The Bertz CT molecular complexity index is 1000. The van der Waals surface area contributed by atoms with Gasteiger partial charge in [-0.2, -0.15) is 35.8 Å². The van der Waals surface area contributed by atoms with Crippen LogP contribution >= 0.6 is 11.6 Å². The monoisotopic (exact) mass is 501 g/mol. The Morgan fingerprint density at radius 1 is 1.03 bits per heavy atom. The van der Waals surface area contributed by atoms with Crippen LogP contribution < -0.4 is 10.6 Å². The summed E-state index contributed by atoms with van der Waals surface area (Å²) >= 11 is 5.87. The van der Waals surface area contributed by atoms with Gasteiger partial charge in [0, 0.05) is 36.9 Å². The molecule has 1 fully saturated rings. The maximum Gasteiger partial charge on any atom is 0.460 e. The van der Waals surface area contributed by atoms with Gasteiger partial charge in [-0.25, -0.2) is 4.68 Å². The lowest BCUT2D eigenvalue weighted by atomic mass is 10.1. The minimum Gasteiger partial charge on any atom is -0.396 e. The summed E-state index contributed by atoms with van der Waals surface area (Å²) in [6, 6.07) is 6.99. The molecule has 1 atom stereocenters.